The molecule has 2 heteroatoms. The highest BCUT2D eigenvalue weighted by Crippen LogP contribution is 2.13. The van der Waals surface area contributed by atoms with E-state index in [4.69, 9.17) is 11.7 Å². The van der Waals surface area contributed by atoms with Crippen molar-refractivity contribution < 1.29 is 0 Å². The first-order chi connectivity index (χ1) is 6.91. The Bertz CT molecular complexity index is 82.3. The van der Waals surface area contributed by atoms with E-state index in [1.807, 2.05) is 0 Å². The van der Waals surface area contributed by atoms with Crippen molar-refractivity contribution in [2.24, 2.45) is 0 Å². The first-order valence-electron chi connectivity index (χ1n) is 6.16. The second kappa shape index (κ2) is 13.7. The van der Waals surface area contributed by atoms with Crippen LogP contribution in [0, 0.1) is 0 Å². The molecular formula is C12H25S2. The van der Waals surface area contributed by atoms with E-state index in [0.29, 0.717) is 0 Å². The van der Waals surface area contributed by atoms with Crippen LogP contribution in [0.1, 0.15) is 71.1 Å². The highest BCUT2D eigenvalue weighted by Gasteiger charge is 1.92. The zero-order chi connectivity index (χ0) is 10.5. The monoisotopic (exact) mass is 233 g/mol. The topological polar surface area (TPSA) is 0 Å². The molecule has 14 heavy (non-hydrogen) atoms. The molecule has 0 aromatic rings. The van der Waals surface area contributed by atoms with Gasteiger partial charge in [0.2, 0.25) is 0 Å². The van der Waals surface area contributed by atoms with E-state index in [0.717, 1.165) is 0 Å². The smallest absolute Gasteiger partial charge is 0.00454 e. The maximum absolute atomic E-state index is 4.83. The van der Waals surface area contributed by atoms with Gasteiger partial charge in [-0.25, -0.2) is 0 Å². The van der Waals surface area contributed by atoms with Gasteiger partial charge in [-0.2, -0.15) is 0 Å². The summed E-state index contributed by atoms with van der Waals surface area (Å²) in [7, 11) is 1.56. The minimum Gasteiger partial charge on any atom is -0.0817 e. The summed E-state index contributed by atoms with van der Waals surface area (Å²) in [5, 5.41) is 0. The molecule has 0 atom stereocenters. The van der Waals surface area contributed by atoms with Gasteiger partial charge in [0.15, 0.2) is 0 Å². The second-order valence-electron chi connectivity index (χ2n) is 4.00. The molecule has 0 bridgehead atoms. The maximum Gasteiger partial charge on any atom is 0.00454 e. The predicted octanol–water partition coefficient (Wildman–Crippen LogP) is 5.75. The third kappa shape index (κ3) is 12.7. The van der Waals surface area contributed by atoms with Gasteiger partial charge in [0.1, 0.15) is 0 Å². The Morgan fingerprint density at radius 2 is 1.14 bits per heavy atom. The summed E-state index contributed by atoms with van der Waals surface area (Å²) in [6.07, 6.45) is 14.2. The van der Waals surface area contributed by atoms with Crippen molar-refractivity contribution in [3.8, 4) is 0 Å². The molecule has 0 rings (SSSR count). The van der Waals surface area contributed by atoms with E-state index in [2.05, 4.69) is 6.92 Å². The quantitative estimate of drug-likeness (QED) is 0.323. The molecule has 0 aliphatic heterocycles. The first-order valence-corrected chi connectivity index (χ1v) is 8.07. The molecule has 85 valence electrons. The highest BCUT2D eigenvalue weighted by molar-refractivity contribution is 8.68. The van der Waals surface area contributed by atoms with Crippen molar-refractivity contribution in [1.29, 1.82) is 0 Å². The first kappa shape index (κ1) is 14.7. The van der Waals surface area contributed by atoms with Crippen molar-refractivity contribution in [3.63, 3.8) is 0 Å². The summed E-state index contributed by atoms with van der Waals surface area (Å²) >= 11 is 4.83. The fourth-order valence-corrected chi connectivity index (χ4v) is 2.32. The van der Waals surface area contributed by atoms with Crippen LogP contribution >= 0.6 is 22.5 Å². The lowest BCUT2D eigenvalue weighted by Crippen LogP contribution is -1.82. The van der Waals surface area contributed by atoms with E-state index >= 15 is 0 Å². The Morgan fingerprint density at radius 1 is 0.714 bits per heavy atom. The van der Waals surface area contributed by atoms with Gasteiger partial charge in [0, 0.05) is 5.75 Å². The van der Waals surface area contributed by atoms with Crippen LogP contribution in [0.25, 0.3) is 0 Å². The Balaban J connectivity index is 2.78. The standard InChI is InChI=1S/C12H25S2/c1-2-3-4-5-6-7-8-9-10-11-12-14-13/h2-12H2,1H3. The lowest BCUT2D eigenvalue weighted by molar-refractivity contribution is 0.563. The van der Waals surface area contributed by atoms with E-state index in [1.165, 1.54) is 70.0 Å². The van der Waals surface area contributed by atoms with Crippen LogP contribution in [0.2, 0.25) is 0 Å². The summed E-state index contributed by atoms with van der Waals surface area (Å²) in [4.78, 5) is 0. The Morgan fingerprint density at radius 3 is 1.57 bits per heavy atom. The molecule has 0 spiro atoms. The fraction of sp³-hybridized carbons (Fsp3) is 1.00. The van der Waals surface area contributed by atoms with Gasteiger partial charge in [0.25, 0.3) is 0 Å². The second-order valence-corrected chi connectivity index (χ2v) is 5.36. The van der Waals surface area contributed by atoms with Crippen LogP contribution in [0.15, 0.2) is 0 Å². The van der Waals surface area contributed by atoms with Crippen LogP contribution < -0.4 is 0 Å². The molecule has 0 heterocycles. The van der Waals surface area contributed by atoms with Gasteiger partial charge < -0.3 is 0 Å². The molecule has 0 N–H and O–H groups in total. The van der Waals surface area contributed by atoms with Crippen LogP contribution in [-0.4, -0.2) is 5.75 Å². The molecule has 0 aliphatic rings. The Kier molecular flexibility index (Phi) is 14.4. The lowest BCUT2D eigenvalue weighted by atomic mass is 10.1. The Labute approximate surface area is 99.4 Å². The normalized spacial score (nSPS) is 10.7. The minimum atomic E-state index is 1.17. The van der Waals surface area contributed by atoms with E-state index in [1.54, 1.807) is 10.8 Å². The summed E-state index contributed by atoms with van der Waals surface area (Å²) in [5.74, 6) is 1.17. The highest BCUT2D eigenvalue weighted by atomic mass is 33.1. The predicted molar refractivity (Wildman–Crippen MR) is 71.9 cm³/mol. The molecule has 0 aliphatic carbocycles. The summed E-state index contributed by atoms with van der Waals surface area (Å²) in [5.41, 5.74) is 0. The molecule has 0 aromatic carbocycles. The number of rotatable bonds is 11. The Hall–Kier alpha value is 0.700. The van der Waals surface area contributed by atoms with E-state index < -0.39 is 0 Å². The molecule has 0 unspecified atom stereocenters. The SMILES string of the molecule is CCCCCCCCCCCCS[S]. The van der Waals surface area contributed by atoms with Crippen LogP contribution in [-0.2, 0) is 0 Å². The van der Waals surface area contributed by atoms with Crippen LogP contribution in [0.4, 0.5) is 0 Å². The number of hydrogen-bond donors (Lipinski definition) is 0. The molecule has 0 fully saturated rings. The zero-order valence-electron chi connectivity index (χ0n) is 9.59. The molecule has 0 saturated heterocycles. The summed E-state index contributed by atoms with van der Waals surface area (Å²) < 4.78 is 0. The third-order valence-corrected chi connectivity index (χ3v) is 3.54. The fourth-order valence-electron chi connectivity index (χ4n) is 1.65. The number of unbranched alkanes of at least 4 members (excludes halogenated alkanes) is 9. The zero-order valence-corrected chi connectivity index (χ0v) is 11.2. The van der Waals surface area contributed by atoms with Crippen LogP contribution in [0.5, 0.6) is 0 Å². The maximum atomic E-state index is 4.83. The van der Waals surface area contributed by atoms with Crippen molar-refractivity contribution in [1.82, 2.24) is 0 Å². The van der Waals surface area contributed by atoms with Gasteiger partial charge >= 0.3 is 0 Å². The molecule has 0 amide bonds. The molecule has 1 radical (unpaired) electrons. The average molecular weight is 233 g/mol. The largest absolute Gasteiger partial charge is 0.0817 e. The van der Waals surface area contributed by atoms with Gasteiger partial charge in [-0.3, -0.25) is 0 Å². The molecule has 0 aromatic heterocycles. The average Bonchev–Trinajstić information content (AvgIpc) is 2.21. The van der Waals surface area contributed by atoms with Gasteiger partial charge in [-0.15, -0.1) is 0 Å². The lowest BCUT2D eigenvalue weighted by Gasteiger charge is -2.01. The molecule has 0 saturated carbocycles. The van der Waals surface area contributed by atoms with Crippen molar-refractivity contribution in [2.75, 3.05) is 5.75 Å². The van der Waals surface area contributed by atoms with Gasteiger partial charge in [-0.05, 0) is 18.1 Å². The van der Waals surface area contributed by atoms with Crippen molar-refractivity contribution in [2.45, 2.75) is 71.1 Å². The number of hydrogen-bond acceptors (Lipinski definition) is 1. The summed E-state index contributed by atoms with van der Waals surface area (Å²) in [6, 6.07) is 0. The molecule has 0 nitrogen and oxygen atoms in total. The third-order valence-electron chi connectivity index (χ3n) is 2.58. The minimum absolute atomic E-state index is 1.17. The summed E-state index contributed by atoms with van der Waals surface area (Å²) in [6.45, 7) is 2.27. The van der Waals surface area contributed by atoms with Gasteiger partial charge in [-0.1, -0.05) is 75.5 Å². The van der Waals surface area contributed by atoms with Crippen molar-refractivity contribution >= 4 is 22.5 Å². The van der Waals surface area contributed by atoms with E-state index in [-0.39, 0.29) is 0 Å². The van der Waals surface area contributed by atoms with E-state index in [9.17, 15) is 0 Å². The molecular weight excluding hydrogens is 208 g/mol. The van der Waals surface area contributed by atoms with Gasteiger partial charge in [0.05, 0.1) is 0 Å². The van der Waals surface area contributed by atoms with Crippen LogP contribution in [0.3, 0.4) is 0 Å². The van der Waals surface area contributed by atoms with Crippen molar-refractivity contribution in [3.05, 3.63) is 0 Å².